The number of hydrogen-bond acceptors (Lipinski definition) is 1. The van der Waals surface area contributed by atoms with E-state index in [4.69, 9.17) is 0 Å². The Hall–Kier alpha value is -1.67. The van der Waals surface area contributed by atoms with Crippen LogP contribution >= 0.6 is 0 Å². The summed E-state index contributed by atoms with van der Waals surface area (Å²) in [7, 11) is 1.83. The van der Waals surface area contributed by atoms with Crippen molar-refractivity contribution in [3.05, 3.63) is 58.9 Å². The van der Waals surface area contributed by atoms with Crippen molar-refractivity contribution in [1.29, 1.82) is 0 Å². The van der Waals surface area contributed by atoms with Gasteiger partial charge < -0.3 is 5.32 Å². The Morgan fingerprint density at radius 3 is 2.53 bits per heavy atom. The second-order valence-corrected chi connectivity index (χ2v) is 5.17. The van der Waals surface area contributed by atoms with Crippen molar-refractivity contribution in [3.63, 3.8) is 0 Å². The van der Waals surface area contributed by atoms with Crippen LogP contribution in [0.3, 0.4) is 0 Å². The van der Waals surface area contributed by atoms with E-state index in [0.29, 0.717) is 12.1 Å². The average Bonchev–Trinajstić information content (AvgIpc) is 2.88. The molecule has 1 aliphatic carbocycles. The van der Waals surface area contributed by atoms with Crippen LogP contribution in [0.25, 0.3) is 11.1 Å². The number of aryl methyl sites for hydroxylation is 2. The van der Waals surface area contributed by atoms with Gasteiger partial charge in [0.05, 0.1) is 0 Å². The van der Waals surface area contributed by atoms with Crippen molar-refractivity contribution in [2.75, 3.05) is 7.05 Å². The minimum Gasteiger partial charge on any atom is -0.316 e. The summed E-state index contributed by atoms with van der Waals surface area (Å²) >= 11 is 0. The molecular weight excluding hydrogens is 237 g/mol. The van der Waals surface area contributed by atoms with Gasteiger partial charge in [0, 0.05) is 12.1 Å². The van der Waals surface area contributed by atoms with Crippen LogP contribution in [-0.4, -0.2) is 7.05 Å². The highest BCUT2D eigenvalue weighted by atomic mass is 19.1. The SMILES string of the molecule is CNCc1ccc(-c2ccc3c(c2)CCC3)cc1F. The molecule has 0 fully saturated rings. The van der Waals surface area contributed by atoms with Crippen molar-refractivity contribution in [1.82, 2.24) is 5.32 Å². The first-order valence-corrected chi connectivity index (χ1v) is 6.83. The Balaban J connectivity index is 1.96. The topological polar surface area (TPSA) is 12.0 Å². The van der Waals surface area contributed by atoms with E-state index in [1.807, 2.05) is 19.2 Å². The quantitative estimate of drug-likeness (QED) is 0.881. The van der Waals surface area contributed by atoms with Gasteiger partial charge in [-0.25, -0.2) is 4.39 Å². The van der Waals surface area contributed by atoms with Gasteiger partial charge in [-0.2, -0.15) is 0 Å². The number of benzene rings is 2. The number of hydrogen-bond donors (Lipinski definition) is 1. The zero-order chi connectivity index (χ0) is 13.2. The standard InChI is InChI=1S/C17H18FN/c1-19-11-16-8-7-15(10-17(16)18)14-6-5-12-3-2-4-13(12)9-14/h5-10,19H,2-4,11H2,1H3. The number of nitrogens with one attached hydrogen (secondary N) is 1. The smallest absolute Gasteiger partial charge is 0.128 e. The van der Waals surface area contributed by atoms with Gasteiger partial charge >= 0.3 is 0 Å². The highest BCUT2D eigenvalue weighted by Gasteiger charge is 2.12. The summed E-state index contributed by atoms with van der Waals surface area (Å²) < 4.78 is 14.0. The fourth-order valence-electron chi connectivity index (χ4n) is 2.81. The van der Waals surface area contributed by atoms with Crippen LogP contribution in [0.4, 0.5) is 4.39 Å². The van der Waals surface area contributed by atoms with Crippen LogP contribution in [0.5, 0.6) is 0 Å². The number of fused-ring (bicyclic) bond motifs is 1. The molecule has 0 saturated carbocycles. The van der Waals surface area contributed by atoms with E-state index in [-0.39, 0.29) is 5.82 Å². The Bertz CT molecular complexity index is 604. The van der Waals surface area contributed by atoms with Crippen molar-refractivity contribution in [2.24, 2.45) is 0 Å². The lowest BCUT2D eigenvalue weighted by Gasteiger charge is -2.08. The van der Waals surface area contributed by atoms with Gasteiger partial charge in [0.15, 0.2) is 0 Å². The summed E-state index contributed by atoms with van der Waals surface area (Å²) in [6.07, 6.45) is 3.59. The zero-order valence-corrected chi connectivity index (χ0v) is 11.2. The Morgan fingerprint density at radius 2 is 1.74 bits per heavy atom. The second-order valence-electron chi connectivity index (χ2n) is 5.17. The van der Waals surface area contributed by atoms with Crippen LogP contribution in [0.15, 0.2) is 36.4 Å². The molecule has 0 radical (unpaired) electrons. The summed E-state index contributed by atoms with van der Waals surface area (Å²) in [4.78, 5) is 0. The molecular formula is C17H18FN. The summed E-state index contributed by atoms with van der Waals surface area (Å²) in [6.45, 7) is 0.566. The molecule has 1 nitrogen and oxygen atoms in total. The molecule has 98 valence electrons. The highest BCUT2D eigenvalue weighted by Crippen LogP contribution is 2.28. The first-order valence-electron chi connectivity index (χ1n) is 6.83. The fraction of sp³-hybridized carbons (Fsp3) is 0.294. The van der Waals surface area contributed by atoms with Crippen LogP contribution in [0.1, 0.15) is 23.1 Å². The Morgan fingerprint density at radius 1 is 1.00 bits per heavy atom. The van der Waals surface area contributed by atoms with Crippen LogP contribution in [-0.2, 0) is 19.4 Å². The molecule has 0 amide bonds. The van der Waals surface area contributed by atoms with Crippen molar-refractivity contribution in [3.8, 4) is 11.1 Å². The van der Waals surface area contributed by atoms with Crippen molar-refractivity contribution >= 4 is 0 Å². The van der Waals surface area contributed by atoms with Gasteiger partial charge in [-0.05, 0) is 54.6 Å². The Labute approximate surface area is 113 Å². The van der Waals surface area contributed by atoms with Gasteiger partial charge in [0.1, 0.15) is 5.82 Å². The molecule has 0 aromatic heterocycles. The van der Waals surface area contributed by atoms with E-state index in [9.17, 15) is 4.39 Å². The maximum atomic E-state index is 14.0. The van der Waals surface area contributed by atoms with Crippen molar-refractivity contribution < 1.29 is 4.39 Å². The lowest BCUT2D eigenvalue weighted by molar-refractivity contribution is 0.601. The molecule has 1 N–H and O–H groups in total. The first-order chi connectivity index (χ1) is 9.28. The molecule has 2 heteroatoms. The predicted octanol–water partition coefficient (Wildman–Crippen LogP) is 3.70. The number of rotatable bonds is 3. The second kappa shape index (κ2) is 5.14. The van der Waals surface area contributed by atoms with Crippen LogP contribution in [0.2, 0.25) is 0 Å². The third-order valence-corrected chi connectivity index (χ3v) is 3.85. The van der Waals surface area contributed by atoms with E-state index in [1.165, 1.54) is 24.0 Å². The molecule has 0 saturated heterocycles. The molecule has 3 rings (SSSR count). The van der Waals surface area contributed by atoms with Gasteiger partial charge in [0.25, 0.3) is 0 Å². The molecule has 1 aliphatic rings. The maximum absolute atomic E-state index is 14.0. The van der Waals surface area contributed by atoms with Crippen LogP contribution < -0.4 is 5.32 Å². The fourth-order valence-corrected chi connectivity index (χ4v) is 2.81. The molecule has 2 aromatic carbocycles. The molecule has 0 unspecified atom stereocenters. The van der Waals surface area contributed by atoms with E-state index < -0.39 is 0 Å². The third-order valence-electron chi connectivity index (χ3n) is 3.85. The zero-order valence-electron chi connectivity index (χ0n) is 11.2. The molecule has 0 aliphatic heterocycles. The summed E-state index contributed by atoms with van der Waals surface area (Å²) in [5, 5.41) is 2.98. The molecule has 0 atom stereocenters. The average molecular weight is 255 g/mol. The largest absolute Gasteiger partial charge is 0.316 e. The predicted molar refractivity (Wildman–Crippen MR) is 76.6 cm³/mol. The first kappa shape index (κ1) is 12.4. The van der Waals surface area contributed by atoms with Crippen LogP contribution in [0, 0.1) is 5.82 Å². The molecule has 19 heavy (non-hydrogen) atoms. The minimum atomic E-state index is -0.132. The Kier molecular flexibility index (Phi) is 3.34. The molecule has 2 aromatic rings. The van der Waals surface area contributed by atoms with Gasteiger partial charge in [0.2, 0.25) is 0 Å². The normalized spacial score (nSPS) is 13.6. The minimum absolute atomic E-state index is 0.132. The van der Waals surface area contributed by atoms with E-state index in [1.54, 1.807) is 6.07 Å². The summed E-state index contributed by atoms with van der Waals surface area (Å²) in [5.41, 5.74) is 5.68. The van der Waals surface area contributed by atoms with E-state index in [0.717, 1.165) is 17.5 Å². The van der Waals surface area contributed by atoms with E-state index >= 15 is 0 Å². The molecule has 0 heterocycles. The summed E-state index contributed by atoms with van der Waals surface area (Å²) in [5.74, 6) is -0.132. The van der Waals surface area contributed by atoms with Gasteiger partial charge in [-0.1, -0.05) is 30.3 Å². The maximum Gasteiger partial charge on any atom is 0.128 e. The monoisotopic (exact) mass is 255 g/mol. The van der Waals surface area contributed by atoms with Crippen molar-refractivity contribution in [2.45, 2.75) is 25.8 Å². The van der Waals surface area contributed by atoms with Gasteiger partial charge in [-0.15, -0.1) is 0 Å². The molecule has 0 bridgehead atoms. The lowest BCUT2D eigenvalue weighted by Crippen LogP contribution is -2.06. The highest BCUT2D eigenvalue weighted by molar-refractivity contribution is 5.65. The summed E-state index contributed by atoms with van der Waals surface area (Å²) in [6, 6.07) is 12.0. The third kappa shape index (κ3) is 2.41. The van der Waals surface area contributed by atoms with E-state index in [2.05, 4.69) is 23.5 Å². The lowest BCUT2D eigenvalue weighted by atomic mass is 9.99. The molecule has 0 spiro atoms. The van der Waals surface area contributed by atoms with Gasteiger partial charge in [-0.3, -0.25) is 0 Å². The number of halogens is 1.